The van der Waals surface area contributed by atoms with Gasteiger partial charge in [0.1, 0.15) is 19.0 Å². The van der Waals surface area contributed by atoms with Gasteiger partial charge in [-0.05, 0) is 50.0 Å². The molecule has 1 unspecified atom stereocenters. The van der Waals surface area contributed by atoms with Crippen molar-refractivity contribution in [1.82, 2.24) is 15.4 Å². The molecule has 0 spiro atoms. The van der Waals surface area contributed by atoms with Crippen molar-refractivity contribution in [2.24, 2.45) is 0 Å². The SMILES string of the molecule is CN(C)C(CNC(=O)c1cc(-c2ccc3c(c2)OCCO3)on1)c1ccc(F)cc1. The van der Waals surface area contributed by atoms with E-state index in [4.69, 9.17) is 14.0 Å². The minimum atomic E-state index is -0.350. The van der Waals surface area contributed by atoms with Crippen LogP contribution in [0, 0.1) is 5.82 Å². The van der Waals surface area contributed by atoms with E-state index in [-0.39, 0.29) is 23.5 Å². The van der Waals surface area contributed by atoms with Crippen LogP contribution in [0.4, 0.5) is 4.39 Å². The van der Waals surface area contributed by atoms with Gasteiger partial charge in [-0.3, -0.25) is 4.79 Å². The largest absolute Gasteiger partial charge is 0.486 e. The Morgan fingerprint density at radius 3 is 2.57 bits per heavy atom. The van der Waals surface area contributed by atoms with Crippen molar-refractivity contribution in [1.29, 1.82) is 0 Å². The molecule has 4 rings (SSSR count). The van der Waals surface area contributed by atoms with Crippen molar-refractivity contribution < 1.29 is 23.2 Å². The first-order valence-electron chi connectivity index (χ1n) is 9.58. The second-order valence-corrected chi connectivity index (χ2v) is 7.18. The number of ether oxygens (including phenoxy) is 2. The molecule has 1 aliphatic heterocycles. The minimum Gasteiger partial charge on any atom is -0.486 e. The summed E-state index contributed by atoms with van der Waals surface area (Å²) in [5.74, 6) is 1.12. The highest BCUT2D eigenvalue weighted by molar-refractivity contribution is 5.93. The average Bonchev–Trinajstić information content (AvgIpc) is 3.25. The zero-order valence-electron chi connectivity index (χ0n) is 16.7. The van der Waals surface area contributed by atoms with Crippen LogP contribution in [0.3, 0.4) is 0 Å². The van der Waals surface area contributed by atoms with Gasteiger partial charge in [-0.2, -0.15) is 0 Å². The van der Waals surface area contributed by atoms with E-state index in [1.807, 2.05) is 25.1 Å². The Morgan fingerprint density at radius 2 is 1.83 bits per heavy atom. The van der Waals surface area contributed by atoms with Crippen LogP contribution in [0.15, 0.2) is 53.1 Å². The number of carbonyl (C=O) groups is 1. The number of rotatable bonds is 6. The fourth-order valence-corrected chi connectivity index (χ4v) is 3.28. The molecule has 0 bridgehead atoms. The molecule has 1 amide bonds. The molecule has 8 heteroatoms. The summed E-state index contributed by atoms with van der Waals surface area (Å²) >= 11 is 0. The number of fused-ring (bicyclic) bond motifs is 1. The van der Waals surface area contributed by atoms with Gasteiger partial charge in [-0.1, -0.05) is 17.3 Å². The molecule has 0 saturated heterocycles. The van der Waals surface area contributed by atoms with Crippen LogP contribution >= 0.6 is 0 Å². The first-order valence-corrected chi connectivity index (χ1v) is 9.58. The second kappa shape index (κ2) is 8.54. The molecule has 7 nitrogen and oxygen atoms in total. The summed E-state index contributed by atoms with van der Waals surface area (Å²) in [4.78, 5) is 14.5. The molecule has 1 aliphatic rings. The third-order valence-corrected chi connectivity index (χ3v) is 4.90. The molecule has 1 atom stereocenters. The molecule has 156 valence electrons. The summed E-state index contributed by atoms with van der Waals surface area (Å²) in [6.45, 7) is 1.34. The number of hydrogen-bond acceptors (Lipinski definition) is 6. The lowest BCUT2D eigenvalue weighted by molar-refractivity contribution is 0.0933. The van der Waals surface area contributed by atoms with Crippen LogP contribution in [0.1, 0.15) is 22.1 Å². The first kappa shape index (κ1) is 19.9. The standard InChI is InChI=1S/C22H22FN3O4/c1-26(2)18(14-3-6-16(23)7-4-14)13-24-22(27)17-12-20(30-25-17)15-5-8-19-21(11-15)29-10-9-28-19/h3-8,11-12,18H,9-10,13H2,1-2H3,(H,24,27). The van der Waals surface area contributed by atoms with Crippen molar-refractivity contribution >= 4 is 5.91 Å². The van der Waals surface area contributed by atoms with Gasteiger partial charge in [0.25, 0.3) is 5.91 Å². The summed E-state index contributed by atoms with van der Waals surface area (Å²) in [5.41, 5.74) is 1.82. The maximum absolute atomic E-state index is 13.2. The van der Waals surface area contributed by atoms with E-state index in [1.54, 1.807) is 30.3 Å². The predicted octanol–water partition coefficient (Wildman–Crippen LogP) is 3.28. The van der Waals surface area contributed by atoms with Gasteiger partial charge in [0, 0.05) is 18.2 Å². The molecule has 30 heavy (non-hydrogen) atoms. The van der Waals surface area contributed by atoms with Crippen LogP contribution in [-0.4, -0.2) is 49.8 Å². The van der Waals surface area contributed by atoms with Crippen LogP contribution in [-0.2, 0) is 0 Å². The molecule has 3 aromatic rings. The number of carbonyl (C=O) groups excluding carboxylic acids is 1. The van der Waals surface area contributed by atoms with E-state index >= 15 is 0 Å². The molecule has 1 N–H and O–H groups in total. The fraction of sp³-hybridized carbons (Fsp3) is 0.273. The van der Waals surface area contributed by atoms with E-state index in [9.17, 15) is 9.18 Å². The molecule has 1 aromatic heterocycles. The number of halogens is 1. The molecular weight excluding hydrogens is 389 g/mol. The number of nitrogens with one attached hydrogen (secondary N) is 1. The van der Waals surface area contributed by atoms with Crippen molar-refractivity contribution in [3.63, 3.8) is 0 Å². The highest BCUT2D eigenvalue weighted by Gasteiger charge is 2.20. The third kappa shape index (κ3) is 4.28. The minimum absolute atomic E-state index is 0.112. The number of aromatic nitrogens is 1. The quantitative estimate of drug-likeness (QED) is 0.671. The third-order valence-electron chi connectivity index (χ3n) is 4.90. The molecular formula is C22H22FN3O4. The molecule has 2 aromatic carbocycles. The van der Waals surface area contributed by atoms with Crippen molar-refractivity contribution in [2.45, 2.75) is 6.04 Å². The van der Waals surface area contributed by atoms with E-state index < -0.39 is 0 Å². The Labute approximate surface area is 173 Å². The summed E-state index contributed by atoms with van der Waals surface area (Å²) in [6, 6.07) is 13.1. The van der Waals surface area contributed by atoms with Crippen molar-refractivity contribution in [3.05, 3.63) is 65.6 Å². The smallest absolute Gasteiger partial charge is 0.273 e. The van der Waals surface area contributed by atoms with Gasteiger partial charge < -0.3 is 24.2 Å². The van der Waals surface area contributed by atoms with Gasteiger partial charge in [0.05, 0.1) is 6.04 Å². The summed E-state index contributed by atoms with van der Waals surface area (Å²) in [6.07, 6.45) is 0. The predicted molar refractivity (Wildman–Crippen MR) is 108 cm³/mol. The average molecular weight is 411 g/mol. The second-order valence-electron chi connectivity index (χ2n) is 7.18. The maximum Gasteiger partial charge on any atom is 0.273 e. The van der Waals surface area contributed by atoms with Crippen LogP contribution < -0.4 is 14.8 Å². The topological polar surface area (TPSA) is 76.8 Å². The Balaban J connectivity index is 1.44. The van der Waals surface area contributed by atoms with Crippen LogP contribution in [0.2, 0.25) is 0 Å². The van der Waals surface area contributed by atoms with Gasteiger partial charge in [0.2, 0.25) is 0 Å². The van der Waals surface area contributed by atoms with Gasteiger partial charge >= 0.3 is 0 Å². The zero-order chi connectivity index (χ0) is 21.1. The zero-order valence-corrected chi connectivity index (χ0v) is 16.7. The van der Waals surface area contributed by atoms with Crippen LogP contribution in [0.5, 0.6) is 11.5 Å². The lowest BCUT2D eigenvalue weighted by Gasteiger charge is -2.25. The molecule has 2 heterocycles. The highest BCUT2D eigenvalue weighted by atomic mass is 19.1. The van der Waals surface area contributed by atoms with E-state index in [2.05, 4.69) is 10.5 Å². The highest BCUT2D eigenvalue weighted by Crippen LogP contribution is 2.34. The molecule has 0 aliphatic carbocycles. The molecule has 0 radical (unpaired) electrons. The van der Waals surface area contributed by atoms with E-state index in [0.717, 1.165) is 11.1 Å². The lowest BCUT2D eigenvalue weighted by Crippen LogP contribution is -2.34. The number of benzene rings is 2. The van der Waals surface area contributed by atoms with Crippen LogP contribution in [0.25, 0.3) is 11.3 Å². The van der Waals surface area contributed by atoms with Gasteiger partial charge in [0.15, 0.2) is 23.0 Å². The Hall–Kier alpha value is -3.39. The lowest BCUT2D eigenvalue weighted by atomic mass is 10.1. The Bertz CT molecular complexity index is 1030. The number of nitrogens with zero attached hydrogens (tertiary/aromatic N) is 2. The monoisotopic (exact) mass is 411 g/mol. The van der Waals surface area contributed by atoms with E-state index in [0.29, 0.717) is 37.0 Å². The number of likely N-dealkylation sites (N-methyl/N-ethyl adjacent to an activating group) is 1. The summed E-state index contributed by atoms with van der Waals surface area (Å²) in [7, 11) is 3.80. The number of hydrogen-bond donors (Lipinski definition) is 1. The normalized spacial score (nSPS) is 13.9. The maximum atomic E-state index is 13.2. The van der Waals surface area contributed by atoms with E-state index in [1.165, 1.54) is 12.1 Å². The van der Waals surface area contributed by atoms with Gasteiger partial charge in [-0.15, -0.1) is 0 Å². The fourth-order valence-electron chi connectivity index (χ4n) is 3.28. The molecule has 0 fully saturated rings. The number of amides is 1. The van der Waals surface area contributed by atoms with Crippen molar-refractivity contribution in [3.8, 4) is 22.8 Å². The van der Waals surface area contributed by atoms with Gasteiger partial charge in [-0.25, -0.2) is 4.39 Å². The summed E-state index contributed by atoms with van der Waals surface area (Å²) in [5, 5.41) is 6.76. The Kier molecular flexibility index (Phi) is 5.67. The van der Waals surface area contributed by atoms with Crippen molar-refractivity contribution in [2.75, 3.05) is 33.9 Å². The first-order chi connectivity index (χ1) is 14.5. The Morgan fingerprint density at radius 1 is 1.10 bits per heavy atom. The molecule has 0 saturated carbocycles. The summed E-state index contributed by atoms with van der Waals surface area (Å²) < 4.78 is 29.7.